The molecule has 0 saturated carbocycles. The highest BCUT2D eigenvalue weighted by Gasteiger charge is 2.15. The number of aromatic amines is 1. The van der Waals surface area contributed by atoms with Gasteiger partial charge >= 0.3 is 0 Å². The standard InChI is InChI=1S/C23H21N3O3/c1-14-8-9-15(2)26(14)20-11-10-16(12-21(20)29-3)25-23(28)18-13-24-19-7-5-4-6-17(19)22(18)27/h4-13H,1-3H3,(H,24,27)(H,25,28). The van der Waals surface area contributed by atoms with Crippen molar-refractivity contribution in [1.82, 2.24) is 9.55 Å². The number of rotatable bonds is 4. The lowest BCUT2D eigenvalue weighted by Gasteiger charge is -2.15. The molecule has 0 bridgehead atoms. The Morgan fingerprint density at radius 1 is 1.03 bits per heavy atom. The molecular weight excluding hydrogens is 366 g/mol. The number of para-hydroxylation sites is 1. The molecule has 2 aromatic carbocycles. The summed E-state index contributed by atoms with van der Waals surface area (Å²) in [6.45, 7) is 4.04. The van der Waals surface area contributed by atoms with Crippen LogP contribution in [0.25, 0.3) is 16.6 Å². The number of methoxy groups -OCH3 is 1. The Bertz CT molecular complexity index is 1260. The van der Waals surface area contributed by atoms with Gasteiger partial charge in [-0.2, -0.15) is 0 Å². The van der Waals surface area contributed by atoms with E-state index in [4.69, 9.17) is 4.74 Å². The topological polar surface area (TPSA) is 76.1 Å². The van der Waals surface area contributed by atoms with E-state index in [2.05, 4.69) is 14.9 Å². The zero-order chi connectivity index (χ0) is 20.5. The van der Waals surface area contributed by atoms with Crippen molar-refractivity contribution in [3.63, 3.8) is 0 Å². The second-order valence-corrected chi connectivity index (χ2v) is 6.87. The smallest absolute Gasteiger partial charge is 0.261 e. The molecule has 29 heavy (non-hydrogen) atoms. The van der Waals surface area contributed by atoms with Crippen LogP contribution >= 0.6 is 0 Å². The van der Waals surface area contributed by atoms with E-state index in [-0.39, 0.29) is 11.0 Å². The number of benzene rings is 2. The van der Waals surface area contributed by atoms with Gasteiger partial charge in [-0.15, -0.1) is 0 Å². The number of nitrogens with one attached hydrogen (secondary N) is 2. The largest absolute Gasteiger partial charge is 0.494 e. The van der Waals surface area contributed by atoms with Crippen LogP contribution in [0.2, 0.25) is 0 Å². The van der Waals surface area contributed by atoms with Crippen LogP contribution in [0.3, 0.4) is 0 Å². The molecule has 0 saturated heterocycles. The lowest BCUT2D eigenvalue weighted by molar-refractivity contribution is 0.102. The van der Waals surface area contributed by atoms with Crippen molar-refractivity contribution < 1.29 is 9.53 Å². The Morgan fingerprint density at radius 3 is 2.48 bits per heavy atom. The summed E-state index contributed by atoms with van der Waals surface area (Å²) in [7, 11) is 1.59. The zero-order valence-electron chi connectivity index (χ0n) is 16.4. The van der Waals surface area contributed by atoms with Crippen LogP contribution in [0.4, 0.5) is 5.69 Å². The van der Waals surface area contributed by atoms with Gasteiger partial charge in [0.05, 0.1) is 12.8 Å². The second-order valence-electron chi connectivity index (χ2n) is 6.87. The SMILES string of the molecule is COc1cc(NC(=O)c2c[nH]c3ccccc3c2=O)ccc1-n1c(C)ccc1C. The van der Waals surface area contributed by atoms with Gasteiger partial charge in [0.15, 0.2) is 0 Å². The third-order valence-corrected chi connectivity index (χ3v) is 4.98. The molecular formula is C23H21N3O3. The maximum absolute atomic E-state index is 12.7. The summed E-state index contributed by atoms with van der Waals surface area (Å²) in [5.74, 6) is 0.151. The van der Waals surface area contributed by atoms with E-state index in [1.54, 1.807) is 37.4 Å². The number of anilines is 1. The summed E-state index contributed by atoms with van der Waals surface area (Å²) in [6, 6.07) is 16.6. The molecule has 0 fully saturated rings. The number of aryl methyl sites for hydroxylation is 2. The van der Waals surface area contributed by atoms with Crippen molar-refractivity contribution in [1.29, 1.82) is 0 Å². The number of hydrogen-bond donors (Lipinski definition) is 2. The number of hydrogen-bond acceptors (Lipinski definition) is 3. The molecule has 0 atom stereocenters. The highest BCUT2D eigenvalue weighted by atomic mass is 16.5. The molecule has 0 radical (unpaired) electrons. The predicted molar refractivity (Wildman–Crippen MR) is 114 cm³/mol. The fraction of sp³-hybridized carbons (Fsp3) is 0.130. The molecule has 0 aliphatic rings. The monoisotopic (exact) mass is 387 g/mol. The lowest BCUT2D eigenvalue weighted by Crippen LogP contribution is -2.22. The number of nitrogens with zero attached hydrogens (tertiary/aromatic N) is 1. The van der Waals surface area contributed by atoms with Gasteiger partial charge in [-0.3, -0.25) is 9.59 Å². The first-order valence-corrected chi connectivity index (χ1v) is 9.24. The average Bonchev–Trinajstić information content (AvgIpc) is 3.06. The summed E-state index contributed by atoms with van der Waals surface area (Å²) in [4.78, 5) is 28.4. The molecule has 2 N–H and O–H groups in total. The van der Waals surface area contributed by atoms with Gasteiger partial charge in [0.25, 0.3) is 5.91 Å². The normalized spacial score (nSPS) is 10.9. The second kappa shape index (κ2) is 7.31. The van der Waals surface area contributed by atoms with Gasteiger partial charge in [0, 0.05) is 40.2 Å². The van der Waals surface area contributed by atoms with Crippen LogP contribution in [-0.2, 0) is 0 Å². The van der Waals surface area contributed by atoms with Crippen molar-refractivity contribution >= 4 is 22.5 Å². The Morgan fingerprint density at radius 2 is 1.76 bits per heavy atom. The molecule has 2 heterocycles. The van der Waals surface area contributed by atoms with Gasteiger partial charge in [0.2, 0.25) is 5.43 Å². The van der Waals surface area contributed by atoms with E-state index in [9.17, 15) is 9.59 Å². The molecule has 0 aliphatic carbocycles. The Balaban J connectivity index is 1.67. The van der Waals surface area contributed by atoms with Gasteiger partial charge in [-0.1, -0.05) is 12.1 Å². The van der Waals surface area contributed by atoms with Crippen LogP contribution in [0.5, 0.6) is 5.75 Å². The minimum atomic E-state index is -0.472. The molecule has 6 nitrogen and oxygen atoms in total. The molecule has 146 valence electrons. The molecule has 6 heteroatoms. The minimum absolute atomic E-state index is 0.0591. The van der Waals surface area contributed by atoms with Crippen molar-refractivity contribution in [3.05, 3.63) is 88.0 Å². The molecule has 0 unspecified atom stereocenters. The Kier molecular flexibility index (Phi) is 4.68. The number of aromatic nitrogens is 2. The first-order valence-electron chi connectivity index (χ1n) is 9.24. The maximum Gasteiger partial charge on any atom is 0.261 e. The van der Waals surface area contributed by atoms with Gasteiger partial charge in [-0.25, -0.2) is 0 Å². The van der Waals surface area contributed by atoms with E-state index < -0.39 is 5.91 Å². The summed E-state index contributed by atoms with van der Waals surface area (Å²) in [5.41, 5.74) is 4.04. The third-order valence-electron chi connectivity index (χ3n) is 4.98. The number of carbonyl (C=O) groups excluding carboxylic acids is 1. The first-order chi connectivity index (χ1) is 14.0. The highest BCUT2D eigenvalue weighted by molar-refractivity contribution is 6.05. The third kappa shape index (κ3) is 3.29. The van der Waals surface area contributed by atoms with Crippen LogP contribution in [-0.4, -0.2) is 22.6 Å². The van der Waals surface area contributed by atoms with Crippen molar-refractivity contribution in [2.75, 3.05) is 12.4 Å². The van der Waals surface area contributed by atoms with E-state index in [1.165, 1.54) is 6.20 Å². The quantitative estimate of drug-likeness (QED) is 0.551. The number of ether oxygens (including phenoxy) is 1. The van der Waals surface area contributed by atoms with Crippen LogP contribution in [0.15, 0.2) is 65.6 Å². The number of amides is 1. The summed E-state index contributed by atoms with van der Waals surface area (Å²) in [6.07, 6.45) is 1.44. The van der Waals surface area contributed by atoms with E-state index in [1.807, 2.05) is 38.1 Å². The molecule has 2 aromatic heterocycles. The predicted octanol–water partition coefficient (Wildman–Crippen LogP) is 4.20. The van der Waals surface area contributed by atoms with Crippen LogP contribution in [0.1, 0.15) is 21.7 Å². The number of carbonyl (C=O) groups is 1. The average molecular weight is 387 g/mol. The van der Waals surface area contributed by atoms with E-state index >= 15 is 0 Å². The zero-order valence-corrected chi connectivity index (χ0v) is 16.4. The molecule has 1 amide bonds. The molecule has 0 aliphatic heterocycles. The lowest BCUT2D eigenvalue weighted by atomic mass is 10.1. The van der Waals surface area contributed by atoms with E-state index in [0.29, 0.717) is 22.3 Å². The van der Waals surface area contributed by atoms with Gasteiger partial charge in [0.1, 0.15) is 11.3 Å². The van der Waals surface area contributed by atoms with Crippen LogP contribution < -0.4 is 15.5 Å². The number of H-pyrrole nitrogens is 1. The molecule has 4 rings (SSSR count). The van der Waals surface area contributed by atoms with Crippen molar-refractivity contribution in [2.45, 2.75) is 13.8 Å². The van der Waals surface area contributed by atoms with E-state index in [0.717, 1.165) is 17.1 Å². The summed E-state index contributed by atoms with van der Waals surface area (Å²) >= 11 is 0. The van der Waals surface area contributed by atoms with Crippen molar-refractivity contribution in [3.8, 4) is 11.4 Å². The fourth-order valence-electron chi connectivity index (χ4n) is 3.52. The van der Waals surface area contributed by atoms with Gasteiger partial charge in [-0.05, 0) is 50.2 Å². The molecule has 4 aromatic rings. The highest BCUT2D eigenvalue weighted by Crippen LogP contribution is 2.29. The van der Waals surface area contributed by atoms with Gasteiger partial charge < -0.3 is 19.6 Å². The fourth-order valence-corrected chi connectivity index (χ4v) is 3.52. The van der Waals surface area contributed by atoms with Crippen molar-refractivity contribution in [2.24, 2.45) is 0 Å². The first kappa shape index (κ1) is 18.6. The summed E-state index contributed by atoms with van der Waals surface area (Å²) in [5, 5.41) is 3.27. The Labute approximate surface area is 167 Å². The minimum Gasteiger partial charge on any atom is -0.494 e. The Hall–Kier alpha value is -3.80. The molecule has 0 spiro atoms. The number of pyridine rings is 1. The van der Waals surface area contributed by atoms with Crippen LogP contribution in [0, 0.1) is 13.8 Å². The number of fused-ring (bicyclic) bond motifs is 1. The summed E-state index contributed by atoms with van der Waals surface area (Å²) < 4.78 is 7.63. The maximum atomic E-state index is 12.7.